The molecule has 2 rings (SSSR count). The summed E-state index contributed by atoms with van der Waals surface area (Å²) in [6.07, 6.45) is 5.13. The number of benzene rings is 1. The maximum absolute atomic E-state index is 12.2. The van der Waals surface area contributed by atoms with Crippen LogP contribution in [0.3, 0.4) is 0 Å². The molecule has 1 unspecified atom stereocenters. The standard InChI is InChI=1S/C18H29N3OS/c1-3-18(11-8-12-18)15-21-17(19-4-2)20-13-14-23(22)16-9-6-5-7-10-16/h5-7,9-10H,3-4,8,11-15H2,1-2H3,(H2,19,20,21). The summed E-state index contributed by atoms with van der Waals surface area (Å²) in [6.45, 7) is 6.72. The van der Waals surface area contributed by atoms with Crippen molar-refractivity contribution in [2.45, 2.75) is 44.4 Å². The average molecular weight is 336 g/mol. The highest BCUT2D eigenvalue weighted by molar-refractivity contribution is 7.85. The molecule has 0 saturated heterocycles. The Bertz CT molecular complexity index is 521. The molecule has 5 heteroatoms. The Labute approximate surface area is 142 Å². The van der Waals surface area contributed by atoms with Crippen molar-refractivity contribution in [3.05, 3.63) is 30.3 Å². The van der Waals surface area contributed by atoms with Crippen LogP contribution in [-0.4, -0.2) is 35.6 Å². The Morgan fingerprint density at radius 2 is 1.96 bits per heavy atom. The summed E-state index contributed by atoms with van der Waals surface area (Å²) in [5, 5.41) is 6.59. The van der Waals surface area contributed by atoms with Gasteiger partial charge in [-0.05, 0) is 43.7 Å². The molecule has 0 aliphatic heterocycles. The molecule has 1 aromatic rings. The highest BCUT2D eigenvalue weighted by Crippen LogP contribution is 2.43. The lowest BCUT2D eigenvalue weighted by Gasteiger charge is -2.40. The van der Waals surface area contributed by atoms with E-state index >= 15 is 0 Å². The predicted molar refractivity (Wildman–Crippen MR) is 98.3 cm³/mol. The molecule has 1 aromatic carbocycles. The predicted octanol–water partition coefficient (Wildman–Crippen LogP) is 2.93. The van der Waals surface area contributed by atoms with Gasteiger partial charge in [0, 0.05) is 30.3 Å². The molecule has 1 aliphatic rings. The lowest BCUT2D eigenvalue weighted by atomic mass is 9.67. The normalized spacial score (nSPS) is 18.1. The summed E-state index contributed by atoms with van der Waals surface area (Å²) < 4.78 is 12.2. The summed E-state index contributed by atoms with van der Waals surface area (Å²) in [6, 6.07) is 9.62. The van der Waals surface area contributed by atoms with Crippen molar-refractivity contribution in [3.63, 3.8) is 0 Å². The van der Waals surface area contributed by atoms with E-state index in [1.807, 2.05) is 30.3 Å². The average Bonchev–Trinajstić information content (AvgIpc) is 2.55. The van der Waals surface area contributed by atoms with E-state index in [-0.39, 0.29) is 0 Å². The second-order valence-electron chi connectivity index (χ2n) is 6.19. The smallest absolute Gasteiger partial charge is 0.191 e. The summed E-state index contributed by atoms with van der Waals surface area (Å²) in [5.74, 6) is 1.44. The second kappa shape index (κ2) is 9.06. The molecule has 0 spiro atoms. The van der Waals surface area contributed by atoms with Gasteiger partial charge in [0.1, 0.15) is 0 Å². The minimum absolute atomic E-state index is 0.426. The first-order chi connectivity index (χ1) is 11.2. The van der Waals surface area contributed by atoms with Crippen molar-refractivity contribution in [2.75, 3.05) is 25.4 Å². The van der Waals surface area contributed by atoms with E-state index in [1.54, 1.807) is 0 Å². The molecule has 0 radical (unpaired) electrons. The van der Waals surface area contributed by atoms with E-state index in [1.165, 1.54) is 25.7 Å². The topological polar surface area (TPSA) is 53.5 Å². The molecule has 23 heavy (non-hydrogen) atoms. The Morgan fingerprint density at radius 1 is 1.22 bits per heavy atom. The van der Waals surface area contributed by atoms with Gasteiger partial charge in [0.2, 0.25) is 0 Å². The van der Waals surface area contributed by atoms with Crippen LogP contribution in [0.2, 0.25) is 0 Å². The maximum Gasteiger partial charge on any atom is 0.191 e. The van der Waals surface area contributed by atoms with E-state index < -0.39 is 10.8 Å². The lowest BCUT2D eigenvalue weighted by molar-refractivity contribution is 0.139. The van der Waals surface area contributed by atoms with Crippen LogP contribution in [0.1, 0.15) is 39.5 Å². The number of hydrogen-bond acceptors (Lipinski definition) is 2. The Morgan fingerprint density at radius 3 is 2.52 bits per heavy atom. The zero-order valence-corrected chi connectivity index (χ0v) is 15.1. The maximum atomic E-state index is 12.2. The molecular formula is C18H29N3OS. The van der Waals surface area contributed by atoms with Crippen LogP contribution in [0.4, 0.5) is 0 Å². The van der Waals surface area contributed by atoms with Crippen molar-refractivity contribution in [2.24, 2.45) is 10.4 Å². The lowest BCUT2D eigenvalue weighted by Crippen LogP contribution is -2.41. The van der Waals surface area contributed by atoms with Crippen LogP contribution < -0.4 is 10.6 Å². The van der Waals surface area contributed by atoms with Crippen LogP contribution in [0.15, 0.2) is 40.2 Å². The largest absolute Gasteiger partial charge is 0.357 e. The summed E-state index contributed by atoms with van der Waals surface area (Å²) in [5.41, 5.74) is 0.426. The van der Waals surface area contributed by atoms with Gasteiger partial charge in [-0.25, -0.2) is 0 Å². The van der Waals surface area contributed by atoms with E-state index in [9.17, 15) is 4.21 Å². The first-order valence-electron chi connectivity index (χ1n) is 8.65. The fraction of sp³-hybridized carbons (Fsp3) is 0.611. The molecule has 128 valence electrons. The minimum Gasteiger partial charge on any atom is -0.357 e. The van der Waals surface area contributed by atoms with Gasteiger partial charge in [0.25, 0.3) is 0 Å². The molecule has 4 nitrogen and oxygen atoms in total. The van der Waals surface area contributed by atoms with Gasteiger partial charge in [-0.3, -0.25) is 9.20 Å². The molecule has 2 N–H and O–H groups in total. The molecular weight excluding hydrogens is 306 g/mol. The van der Waals surface area contributed by atoms with Gasteiger partial charge in [-0.1, -0.05) is 31.5 Å². The van der Waals surface area contributed by atoms with E-state index in [2.05, 4.69) is 24.5 Å². The van der Waals surface area contributed by atoms with Gasteiger partial charge in [0.05, 0.1) is 10.8 Å². The summed E-state index contributed by atoms with van der Waals surface area (Å²) >= 11 is 0. The fourth-order valence-electron chi connectivity index (χ4n) is 2.84. The molecule has 0 bridgehead atoms. The number of hydrogen-bond donors (Lipinski definition) is 2. The fourth-order valence-corrected chi connectivity index (χ4v) is 3.82. The number of nitrogens with zero attached hydrogens (tertiary/aromatic N) is 1. The van der Waals surface area contributed by atoms with Crippen LogP contribution in [0, 0.1) is 5.41 Å². The summed E-state index contributed by atoms with van der Waals surface area (Å²) in [4.78, 5) is 5.63. The number of aliphatic imine (C=N–C) groups is 1. The summed E-state index contributed by atoms with van der Waals surface area (Å²) in [7, 11) is -0.962. The molecule has 0 amide bonds. The van der Waals surface area contributed by atoms with E-state index in [0.717, 1.165) is 23.9 Å². The molecule has 0 heterocycles. The molecule has 1 atom stereocenters. The van der Waals surface area contributed by atoms with Crippen LogP contribution in [-0.2, 0) is 10.8 Å². The van der Waals surface area contributed by atoms with Crippen LogP contribution >= 0.6 is 0 Å². The number of nitrogens with one attached hydrogen (secondary N) is 2. The third-order valence-electron chi connectivity index (χ3n) is 4.67. The van der Waals surface area contributed by atoms with Crippen LogP contribution in [0.5, 0.6) is 0 Å². The van der Waals surface area contributed by atoms with Crippen molar-refractivity contribution in [1.29, 1.82) is 0 Å². The van der Waals surface area contributed by atoms with Crippen LogP contribution in [0.25, 0.3) is 0 Å². The molecule has 1 saturated carbocycles. The Balaban J connectivity index is 1.81. The molecule has 1 fully saturated rings. The van der Waals surface area contributed by atoms with Gasteiger partial charge < -0.3 is 10.6 Å². The SMILES string of the molecule is CCNC(=NCC1(CC)CCC1)NCCS(=O)c1ccccc1. The zero-order valence-electron chi connectivity index (χ0n) is 14.3. The molecule has 1 aliphatic carbocycles. The highest BCUT2D eigenvalue weighted by Gasteiger charge is 2.34. The highest BCUT2D eigenvalue weighted by atomic mass is 32.2. The Kier molecular flexibility index (Phi) is 7.09. The van der Waals surface area contributed by atoms with Crippen molar-refractivity contribution < 1.29 is 4.21 Å². The van der Waals surface area contributed by atoms with Crippen molar-refractivity contribution in [1.82, 2.24) is 10.6 Å². The van der Waals surface area contributed by atoms with Crippen molar-refractivity contribution in [3.8, 4) is 0 Å². The monoisotopic (exact) mass is 335 g/mol. The zero-order chi connectivity index (χ0) is 16.5. The second-order valence-corrected chi connectivity index (χ2v) is 7.76. The number of guanidine groups is 1. The van der Waals surface area contributed by atoms with Gasteiger partial charge in [0.15, 0.2) is 5.96 Å². The molecule has 0 aromatic heterocycles. The van der Waals surface area contributed by atoms with Gasteiger partial charge in [-0.15, -0.1) is 0 Å². The Hall–Kier alpha value is -1.36. The quantitative estimate of drug-likeness (QED) is 0.567. The first-order valence-corrected chi connectivity index (χ1v) is 9.96. The first kappa shape index (κ1) is 18.0. The van der Waals surface area contributed by atoms with E-state index in [4.69, 9.17) is 4.99 Å². The third kappa shape index (κ3) is 5.34. The number of rotatable bonds is 8. The van der Waals surface area contributed by atoms with Gasteiger partial charge >= 0.3 is 0 Å². The van der Waals surface area contributed by atoms with E-state index in [0.29, 0.717) is 17.7 Å². The van der Waals surface area contributed by atoms with Gasteiger partial charge in [-0.2, -0.15) is 0 Å². The third-order valence-corrected chi connectivity index (χ3v) is 6.04. The minimum atomic E-state index is -0.962. The van der Waals surface area contributed by atoms with Crippen molar-refractivity contribution >= 4 is 16.8 Å².